The largest absolute Gasteiger partial charge is 0.339 e. The van der Waals surface area contributed by atoms with E-state index < -0.39 is 10.0 Å². The SMILES string of the molecule is CN(Cc1nc2ccccc2s1)C(=O)CCc1ccc(S(=O)(=O)N2CCCCCC2)cc1. The molecular formula is C24H29N3O3S2. The molecule has 0 saturated carbocycles. The van der Waals surface area contributed by atoms with Crippen molar-refractivity contribution in [3.05, 3.63) is 59.1 Å². The Morgan fingerprint density at radius 3 is 2.41 bits per heavy atom. The van der Waals surface area contributed by atoms with E-state index in [0.717, 1.165) is 46.5 Å². The predicted octanol–water partition coefficient (Wildman–Crippen LogP) is 4.45. The highest BCUT2D eigenvalue weighted by atomic mass is 32.2. The number of aryl methyl sites for hydroxylation is 1. The van der Waals surface area contributed by atoms with Crippen molar-refractivity contribution in [2.75, 3.05) is 20.1 Å². The summed E-state index contributed by atoms with van der Waals surface area (Å²) >= 11 is 1.61. The number of sulfonamides is 1. The number of aromatic nitrogens is 1. The molecule has 0 unspecified atom stereocenters. The van der Waals surface area contributed by atoms with Gasteiger partial charge in [-0.2, -0.15) is 4.31 Å². The van der Waals surface area contributed by atoms with Crippen molar-refractivity contribution < 1.29 is 13.2 Å². The summed E-state index contributed by atoms with van der Waals surface area (Å²) in [5.41, 5.74) is 1.92. The van der Waals surface area contributed by atoms with E-state index in [1.165, 1.54) is 0 Å². The number of para-hydroxylation sites is 1. The van der Waals surface area contributed by atoms with Gasteiger partial charge in [0.2, 0.25) is 15.9 Å². The first-order valence-electron chi connectivity index (χ1n) is 11.1. The summed E-state index contributed by atoms with van der Waals surface area (Å²) in [6.45, 7) is 1.68. The zero-order chi connectivity index (χ0) is 22.6. The number of hydrogen-bond donors (Lipinski definition) is 0. The van der Waals surface area contributed by atoms with E-state index in [9.17, 15) is 13.2 Å². The van der Waals surface area contributed by atoms with Crippen LogP contribution in [0.15, 0.2) is 53.4 Å². The highest BCUT2D eigenvalue weighted by molar-refractivity contribution is 7.89. The lowest BCUT2D eigenvalue weighted by atomic mass is 10.1. The number of carbonyl (C=O) groups is 1. The molecule has 0 atom stereocenters. The summed E-state index contributed by atoms with van der Waals surface area (Å²) in [4.78, 5) is 19.2. The van der Waals surface area contributed by atoms with Crippen molar-refractivity contribution in [3.8, 4) is 0 Å². The van der Waals surface area contributed by atoms with E-state index in [0.29, 0.717) is 37.4 Å². The van der Waals surface area contributed by atoms with Gasteiger partial charge in [-0.25, -0.2) is 13.4 Å². The Kier molecular flexibility index (Phi) is 7.23. The number of benzene rings is 2. The fraction of sp³-hybridized carbons (Fsp3) is 0.417. The lowest BCUT2D eigenvalue weighted by Gasteiger charge is -2.20. The van der Waals surface area contributed by atoms with Crippen molar-refractivity contribution in [3.63, 3.8) is 0 Å². The van der Waals surface area contributed by atoms with Crippen molar-refractivity contribution in [1.29, 1.82) is 0 Å². The molecular weight excluding hydrogens is 442 g/mol. The topological polar surface area (TPSA) is 70.6 Å². The smallest absolute Gasteiger partial charge is 0.243 e. The maximum atomic E-state index is 12.9. The van der Waals surface area contributed by atoms with Crippen molar-refractivity contribution >= 4 is 37.5 Å². The Morgan fingerprint density at radius 1 is 1.03 bits per heavy atom. The van der Waals surface area contributed by atoms with E-state index in [1.807, 2.05) is 36.4 Å². The molecule has 0 N–H and O–H groups in total. The minimum absolute atomic E-state index is 0.0468. The summed E-state index contributed by atoms with van der Waals surface area (Å²) < 4.78 is 28.5. The monoisotopic (exact) mass is 471 g/mol. The van der Waals surface area contributed by atoms with Crippen LogP contribution in [0.3, 0.4) is 0 Å². The van der Waals surface area contributed by atoms with E-state index in [4.69, 9.17) is 0 Å². The fourth-order valence-corrected chi connectivity index (χ4v) is 6.52. The van der Waals surface area contributed by atoms with E-state index in [2.05, 4.69) is 4.98 Å². The lowest BCUT2D eigenvalue weighted by Crippen LogP contribution is -2.31. The summed E-state index contributed by atoms with van der Waals surface area (Å²) in [6.07, 6.45) is 4.97. The summed E-state index contributed by atoms with van der Waals surface area (Å²) in [5, 5.41) is 0.921. The van der Waals surface area contributed by atoms with Crippen LogP contribution in [0, 0.1) is 0 Å². The number of nitrogens with zero attached hydrogens (tertiary/aromatic N) is 3. The van der Waals surface area contributed by atoms with E-state index in [-0.39, 0.29) is 5.91 Å². The van der Waals surface area contributed by atoms with Gasteiger partial charge in [-0.05, 0) is 49.1 Å². The minimum atomic E-state index is -3.44. The van der Waals surface area contributed by atoms with Crippen LogP contribution in [-0.4, -0.2) is 48.7 Å². The molecule has 1 amide bonds. The number of amides is 1. The zero-order valence-corrected chi connectivity index (χ0v) is 20.0. The van der Waals surface area contributed by atoms with Crippen molar-refractivity contribution in [2.45, 2.75) is 50.0 Å². The zero-order valence-electron chi connectivity index (χ0n) is 18.4. The first-order chi connectivity index (χ1) is 15.4. The summed E-state index contributed by atoms with van der Waals surface area (Å²) in [5.74, 6) is 0.0468. The van der Waals surface area contributed by atoms with E-state index in [1.54, 1.807) is 39.7 Å². The standard InChI is InChI=1S/C24H29N3O3S2/c1-26(18-23-25-21-8-4-5-9-22(21)31-23)24(28)15-12-19-10-13-20(14-11-19)32(29,30)27-16-6-2-3-7-17-27/h4-5,8-11,13-14H,2-3,6-7,12,15-18H2,1H3. The molecule has 3 aromatic rings. The third kappa shape index (κ3) is 5.36. The van der Waals surface area contributed by atoms with Crippen molar-refractivity contribution in [1.82, 2.24) is 14.2 Å². The number of thiazole rings is 1. The van der Waals surface area contributed by atoms with Gasteiger partial charge in [-0.15, -0.1) is 11.3 Å². The second kappa shape index (κ2) is 10.1. The average molecular weight is 472 g/mol. The van der Waals surface area contributed by atoms with Gasteiger partial charge in [0.15, 0.2) is 0 Å². The van der Waals surface area contributed by atoms with Crippen LogP contribution >= 0.6 is 11.3 Å². The predicted molar refractivity (Wildman–Crippen MR) is 128 cm³/mol. The van der Waals surface area contributed by atoms with Gasteiger partial charge in [-0.3, -0.25) is 4.79 Å². The van der Waals surface area contributed by atoms with Crippen LogP contribution in [0.25, 0.3) is 10.2 Å². The second-order valence-electron chi connectivity index (χ2n) is 8.29. The molecule has 1 aromatic heterocycles. The number of hydrogen-bond acceptors (Lipinski definition) is 5. The third-order valence-corrected chi connectivity index (χ3v) is 8.82. The first-order valence-corrected chi connectivity index (χ1v) is 13.4. The molecule has 0 bridgehead atoms. The Bertz CT molecular complexity index is 1130. The first kappa shape index (κ1) is 22.9. The molecule has 8 heteroatoms. The quantitative estimate of drug-likeness (QED) is 0.510. The normalized spacial score (nSPS) is 15.5. The van der Waals surface area contributed by atoms with Gasteiger partial charge in [-0.1, -0.05) is 37.1 Å². The van der Waals surface area contributed by atoms with Gasteiger partial charge >= 0.3 is 0 Å². The molecule has 6 nitrogen and oxygen atoms in total. The third-order valence-electron chi connectivity index (χ3n) is 5.89. The molecule has 0 spiro atoms. The van der Waals surface area contributed by atoms with Crippen LogP contribution in [0.4, 0.5) is 0 Å². The van der Waals surface area contributed by atoms with Gasteiger partial charge in [0.05, 0.1) is 21.7 Å². The second-order valence-corrected chi connectivity index (χ2v) is 11.3. The lowest BCUT2D eigenvalue weighted by molar-refractivity contribution is -0.130. The summed E-state index contributed by atoms with van der Waals surface area (Å²) in [6, 6.07) is 15.0. The van der Waals surface area contributed by atoms with E-state index >= 15 is 0 Å². The molecule has 0 aliphatic carbocycles. The molecule has 170 valence electrons. The average Bonchev–Trinajstić information content (AvgIpc) is 3.00. The number of fused-ring (bicyclic) bond motifs is 1. The molecule has 2 heterocycles. The number of rotatable bonds is 7. The van der Waals surface area contributed by atoms with Crippen LogP contribution in [0.2, 0.25) is 0 Å². The van der Waals surface area contributed by atoms with Crippen LogP contribution in [0.5, 0.6) is 0 Å². The fourth-order valence-electron chi connectivity index (χ4n) is 3.98. The molecule has 2 aromatic carbocycles. The van der Waals surface area contributed by atoms with Gasteiger partial charge in [0.1, 0.15) is 5.01 Å². The van der Waals surface area contributed by atoms with Crippen LogP contribution in [0.1, 0.15) is 42.7 Å². The Labute approximate surface area is 193 Å². The Balaban J connectivity index is 1.32. The molecule has 32 heavy (non-hydrogen) atoms. The highest BCUT2D eigenvalue weighted by Crippen LogP contribution is 2.23. The van der Waals surface area contributed by atoms with Crippen molar-refractivity contribution in [2.24, 2.45) is 0 Å². The molecule has 1 aliphatic rings. The maximum absolute atomic E-state index is 12.9. The van der Waals surface area contributed by atoms with Gasteiger partial charge in [0, 0.05) is 26.6 Å². The highest BCUT2D eigenvalue weighted by Gasteiger charge is 2.25. The maximum Gasteiger partial charge on any atom is 0.243 e. The Morgan fingerprint density at radius 2 is 1.72 bits per heavy atom. The Hall–Kier alpha value is -2.29. The molecule has 1 aliphatic heterocycles. The molecule has 1 saturated heterocycles. The summed E-state index contributed by atoms with van der Waals surface area (Å²) in [7, 11) is -1.64. The molecule has 4 rings (SSSR count). The molecule has 0 radical (unpaired) electrons. The van der Waals surface area contributed by atoms with Gasteiger partial charge in [0.25, 0.3) is 0 Å². The van der Waals surface area contributed by atoms with Crippen LogP contribution in [-0.2, 0) is 27.8 Å². The van der Waals surface area contributed by atoms with Gasteiger partial charge < -0.3 is 4.90 Å². The number of carbonyl (C=O) groups excluding carboxylic acids is 1. The minimum Gasteiger partial charge on any atom is -0.339 e. The molecule has 1 fully saturated rings. The van der Waals surface area contributed by atoms with Crippen LogP contribution < -0.4 is 0 Å².